The number of non-ortho nitro benzene ring substituents is 1. The normalized spacial score (nSPS) is 12.5. The van der Waals surface area contributed by atoms with Crippen LogP contribution in [-0.2, 0) is 20.9 Å². The van der Waals surface area contributed by atoms with Crippen LogP contribution >= 0.6 is 0 Å². The first-order valence-electron chi connectivity index (χ1n) is 12.3. The van der Waals surface area contributed by atoms with Crippen LogP contribution in [-0.4, -0.2) is 47.4 Å². The molecule has 0 unspecified atom stereocenters. The van der Waals surface area contributed by atoms with Crippen molar-refractivity contribution in [1.29, 1.82) is 0 Å². The highest BCUT2D eigenvalue weighted by Gasteiger charge is 2.29. The molecule has 0 radical (unpaired) electrons. The van der Waals surface area contributed by atoms with Crippen LogP contribution in [0.4, 0.5) is 15.3 Å². The lowest BCUT2D eigenvalue weighted by Gasteiger charge is -2.17. The summed E-state index contributed by atoms with van der Waals surface area (Å²) >= 11 is 0. The van der Waals surface area contributed by atoms with Gasteiger partial charge in [-0.3, -0.25) is 10.1 Å². The summed E-state index contributed by atoms with van der Waals surface area (Å²) in [6.45, 7) is 0.106. The number of benzene rings is 3. The molecule has 3 N–H and O–H groups in total. The van der Waals surface area contributed by atoms with E-state index in [1.165, 1.54) is 24.3 Å². The monoisotopic (exact) mass is 533 g/mol. The maximum Gasteiger partial charge on any atom is 0.407 e. The molecule has 1 atom stereocenters. The van der Waals surface area contributed by atoms with Gasteiger partial charge in [0.25, 0.3) is 5.69 Å². The van der Waals surface area contributed by atoms with Crippen LogP contribution in [0.1, 0.15) is 35.4 Å². The van der Waals surface area contributed by atoms with Gasteiger partial charge in [0.1, 0.15) is 19.3 Å². The zero-order valence-corrected chi connectivity index (χ0v) is 20.9. The van der Waals surface area contributed by atoms with Crippen molar-refractivity contribution in [2.45, 2.75) is 31.4 Å². The van der Waals surface area contributed by atoms with Gasteiger partial charge in [-0.05, 0) is 52.8 Å². The number of hydrogen-bond donors (Lipinski definition) is 3. The number of nitrogens with one attached hydrogen (secondary N) is 2. The molecule has 2 amide bonds. The zero-order chi connectivity index (χ0) is 27.8. The summed E-state index contributed by atoms with van der Waals surface area (Å²) in [6.07, 6.45) is -1.24. The van der Waals surface area contributed by atoms with Crippen LogP contribution in [0, 0.1) is 10.1 Å². The van der Waals surface area contributed by atoms with Crippen molar-refractivity contribution in [1.82, 2.24) is 10.6 Å². The molecule has 0 bridgehead atoms. The highest BCUT2D eigenvalue weighted by atomic mass is 16.6. The number of nitro benzene ring substituents is 1. The number of rotatable bonds is 11. The van der Waals surface area contributed by atoms with Gasteiger partial charge >= 0.3 is 18.2 Å². The first-order valence-corrected chi connectivity index (χ1v) is 12.3. The van der Waals surface area contributed by atoms with Gasteiger partial charge in [0.05, 0.1) is 4.92 Å². The molecule has 11 heteroatoms. The Balaban J connectivity index is 1.19. The van der Waals surface area contributed by atoms with Crippen LogP contribution in [0.3, 0.4) is 0 Å². The van der Waals surface area contributed by atoms with Crippen LogP contribution in [0.5, 0.6) is 0 Å². The van der Waals surface area contributed by atoms with Gasteiger partial charge in [-0.2, -0.15) is 0 Å². The number of aliphatic carboxylic acids is 1. The molecule has 0 spiro atoms. The van der Waals surface area contributed by atoms with E-state index >= 15 is 0 Å². The summed E-state index contributed by atoms with van der Waals surface area (Å²) in [4.78, 5) is 46.1. The highest BCUT2D eigenvalue weighted by molar-refractivity contribution is 5.81. The third kappa shape index (κ3) is 6.89. The Hall–Kier alpha value is -4.93. The van der Waals surface area contributed by atoms with Gasteiger partial charge < -0.3 is 25.2 Å². The van der Waals surface area contributed by atoms with E-state index < -0.39 is 29.1 Å². The number of carboxylic acid groups (broad SMARTS) is 1. The summed E-state index contributed by atoms with van der Waals surface area (Å²) in [5.74, 6) is -1.36. The number of alkyl carbamates (subject to hydrolysis) is 2. The minimum Gasteiger partial charge on any atom is -0.480 e. The molecule has 39 heavy (non-hydrogen) atoms. The van der Waals surface area contributed by atoms with Gasteiger partial charge in [0.2, 0.25) is 0 Å². The maximum absolute atomic E-state index is 12.4. The van der Waals surface area contributed by atoms with Gasteiger partial charge in [0, 0.05) is 24.6 Å². The molecule has 0 heterocycles. The number of carbonyl (C=O) groups excluding carboxylic acids is 2. The molecule has 11 nitrogen and oxygen atoms in total. The Morgan fingerprint density at radius 2 is 1.51 bits per heavy atom. The van der Waals surface area contributed by atoms with E-state index in [9.17, 15) is 29.6 Å². The molecular weight excluding hydrogens is 506 g/mol. The standard InChI is InChI=1S/C28H27N3O8/c32-26(33)25(10-5-15-29-27(34)38-16-18-11-13-19(14-12-18)31(36)37)30-28(35)39-17-24-22-8-3-1-6-20(22)21-7-2-4-9-23(21)24/h1-4,6-9,11-14,24-25H,5,10,15-17H2,(H,29,34)(H,30,35)(H,32,33)/t25-/m0/s1. The van der Waals surface area contributed by atoms with Crippen molar-refractivity contribution in [3.63, 3.8) is 0 Å². The molecule has 0 fully saturated rings. The van der Waals surface area contributed by atoms with E-state index in [0.717, 1.165) is 22.3 Å². The number of hydrogen-bond acceptors (Lipinski definition) is 7. The zero-order valence-electron chi connectivity index (χ0n) is 20.9. The van der Waals surface area contributed by atoms with Crippen molar-refractivity contribution in [3.8, 4) is 11.1 Å². The lowest BCUT2D eigenvalue weighted by Crippen LogP contribution is -2.42. The van der Waals surface area contributed by atoms with Gasteiger partial charge in [-0.1, -0.05) is 48.5 Å². The Kier molecular flexibility index (Phi) is 8.72. The number of nitro groups is 1. The molecule has 1 aliphatic carbocycles. The minimum absolute atomic E-state index is 0.0577. The smallest absolute Gasteiger partial charge is 0.407 e. The Morgan fingerprint density at radius 3 is 2.10 bits per heavy atom. The van der Waals surface area contributed by atoms with Crippen molar-refractivity contribution in [2.24, 2.45) is 0 Å². The lowest BCUT2D eigenvalue weighted by molar-refractivity contribution is -0.384. The summed E-state index contributed by atoms with van der Waals surface area (Å²) in [6, 6.07) is 20.2. The topological polar surface area (TPSA) is 157 Å². The average molecular weight is 534 g/mol. The number of ether oxygens (including phenoxy) is 2. The van der Waals surface area contributed by atoms with E-state index in [-0.39, 0.29) is 44.2 Å². The fourth-order valence-electron chi connectivity index (χ4n) is 4.45. The lowest BCUT2D eigenvalue weighted by atomic mass is 9.98. The Morgan fingerprint density at radius 1 is 0.897 bits per heavy atom. The van der Waals surface area contributed by atoms with Crippen molar-refractivity contribution in [3.05, 3.63) is 99.6 Å². The molecule has 0 aromatic heterocycles. The number of carboxylic acids is 1. The SMILES string of the molecule is O=C(NCCC[C@H](NC(=O)OCC1c2ccccc2-c2ccccc21)C(=O)O)OCc1ccc([N+](=O)[O-])cc1. The van der Waals surface area contributed by atoms with E-state index in [1.54, 1.807) is 0 Å². The molecule has 0 saturated carbocycles. The fourth-order valence-corrected chi connectivity index (χ4v) is 4.45. The average Bonchev–Trinajstić information content (AvgIpc) is 3.26. The third-order valence-electron chi connectivity index (χ3n) is 6.39. The van der Waals surface area contributed by atoms with Gasteiger partial charge in [-0.15, -0.1) is 0 Å². The van der Waals surface area contributed by atoms with E-state index in [1.807, 2.05) is 48.5 Å². The molecule has 4 rings (SSSR count). The summed E-state index contributed by atoms with van der Waals surface area (Å²) in [7, 11) is 0. The first kappa shape index (κ1) is 27.1. The molecule has 0 saturated heterocycles. The number of amides is 2. The molecule has 0 aliphatic heterocycles. The van der Waals surface area contributed by atoms with Gasteiger partial charge in [0.15, 0.2) is 0 Å². The van der Waals surface area contributed by atoms with Crippen LogP contribution in [0.15, 0.2) is 72.8 Å². The van der Waals surface area contributed by atoms with Crippen molar-refractivity contribution >= 4 is 23.8 Å². The number of carbonyl (C=O) groups is 3. The quantitative estimate of drug-likeness (QED) is 0.183. The Labute approximate surface area is 223 Å². The number of fused-ring (bicyclic) bond motifs is 3. The van der Waals surface area contributed by atoms with Crippen molar-refractivity contribution in [2.75, 3.05) is 13.2 Å². The second-order valence-electron chi connectivity index (χ2n) is 8.93. The first-order chi connectivity index (χ1) is 18.8. The largest absolute Gasteiger partial charge is 0.480 e. The molecular formula is C28H27N3O8. The molecule has 1 aliphatic rings. The summed E-state index contributed by atoms with van der Waals surface area (Å²) in [5.41, 5.74) is 4.78. The van der Waals surface area contributed by atoms with E-state index in [4.69, 9.17) is 9.47 Å². The second-order valence-corrected chi connectivity index (χ2v) is 8.93. The minimum atomic E-state index is -1.22. The second kappa shape index (κ2) is 12.5. The Bertz CT molecular complexity index is 1310. The predicted octanol–water partition coefficient (Wildman–Crippen LogP) is 4.59. The summed E-state index contributed by atoms with van der Waals surface area (Å²) in [5, 5.41) is 25.1. The van der Waals surface area contributed by atoms with Crippen LogP contribution in [0.2, 0.25) is 0 Å². The van der Waals surface area contributed by atoms with Crippen LogP contribution < -0.4 is 10.6 Å². The van der Waals surface area contributed by atoms with Crippen LogP contribution in [0.25, 0.3) is 11.1 Å². The fraction of sp³-hybridized carbons (Fsp3) is 0.250. The number of nitrogens with zero attached hydrogens (tertiary/aromatic N) is 1. The highest BCUT2D eigenvalue weighted by Crippen LogP contribution is 2.44. The molecule has 3 aromatic carbocycles. The van der Waals surface area contributed by atoms with Gasteiger partial charge in [-0.25, -0.2) is 14.4 Å². The predicted molar refractivity (Wildman–Crippen MR) is 140 cm³/mol. The van der Waals surface area contributed by atoms with E-state index in [0.29, 0.717) is 5.56 Å². The van der Waals surface area contributed by atoms with E-state index in [2.05, 4.69) is 10.6 Å². The summed E-state index contributed by atoms with van der Waals surface area (Å²) < 4.78 is 10.5. The third-order valence-corrected chi connectivity index (χ3v) is 6.39. The maximum atomic E-state index is 12.4. The molecule has 202 valence electrons. The molecule has 3 aromatic rings. The van der Waals surface area contributed by atoms with Crippen molar-refractivity contribution < 1.29 is 33.9 Å².